The van der Waals surface area contributed by atoms with Gasteiger partial charge in [-0.25, -0.2) is 9.37 Å². The second-order valence-corrected chi connectivity index (χ2v) is 7.13. The van der Waals surface area contributed by atoms with Gasteiger partial charge >= 0.3 is 0 Å². The zero-order chi connectivity index (χ0) is 15.5. The van der Waals surface area contributed by atoms with Crippen molar-refractivity contribution >= 4 is 5.82 Å². The minimum absolute atomic E-state index is 0.0132. The molecule has 1 N–H and O–H groups in total. The molecule has 1 atom stereocenters. The summed E-state index contributed by atoms with van der Waals surface area (Å²) >= 11 is 0. The summed E-state index contributed by atoms with van der Waals surface area (Å²) in [5.74, 6) is 1.45. The molecule has 0 aliphatic carbocycles. The molecule has 1 aliphatic rings. The first-order valence-electron chi connectivity index (χ1n) is 8.03. The van der Waals surface area contributed by atoms with Crippen molar-refractivity contribution in [3.63, 3.8) is 0 Å². The molecule has 1 aliphatic heterocycles. The van der Waals surface area contributed by atoms with Crippen LogP contribution < -0.4 is 10.2 Å². The Hall–Kier alpha value is -1.16. The number of halogens is 1. The van der Waals surface area contributed by atoms with Gasteiger partial charge in [-0.15, -0.1) is 0 Å². The van der Waals surface area contributed by atoms with Gasteiger partial charge in [0.15, 0.2) is 0 Å². The number of rotatable bonds is 5. The van der Waals surface area contributed by atoms with Gasteiger partial charge in [-0.3, -0.25) is 0 Å². The van der Waals surface area contributed by atoms with Crippen LogP contribution >= 0.6 is 0 Å². The van der Waals surface area contributed by atoms with E-state index in [2.05, 4.69) is 42.9 Å². The Kier molecular flexibility index (Phi) is 5.20. The van der Waals surface area contributed by atoms with E-state index in [1.54, 1.807) is 6.07 Å². The number of anilines is 1. The molecule has 0 aromatic carbocycles. The average Bonchev–Trinajstić information content (AvgIpc) is 2.84. The van der Waals surface area contributed by atoms with Gasteiger partial charge in [0, 0.05) is 30.7 Å². The lowest BCUT2D eigenvalue weighted by atomic mass is 10.0. The maximum absolute atomic E-state index is 13.5. The topological polar surface area (TPSA) is 28.2 Å². The van der Waals surface area contributed by atoms with Gasteiger partial charge in [0.2, 0.25) is 0 Å². The molecular formula is C17H28FN3. The van der Waals surface area contributed by atoms with E-state index in [0.29, 0.717) is 6.54 Å². The van der Waals surface area contributed by atoms with Crippen molar-refractivity contribution in [3.8, 4) is 0 Å². The maximum atomic E-state index is 13.5. The summed E-state index contributed by atoms with van der Waals surface area (Å²) in [6.45, 7) is 11.3. The van der Waals surface area contributed by atoms with E-state index in [1.807, 2.05) is 0 Å². The molecule has 0 saturated carbocycles. The van der Waals surface area contributed by atoms with Crippen LogP contribution in [0.1, 0.15) is 52.5 Å². The van der Waals surface area contributed by atoms with Gasteiger partial charge in [-0.1, -0.05) is 13.3 Å². The highest BCUT2D eigenvalue weighted by Gasteiger charge is 2.25. The molecule has 1 unspecified atom stereocenters. The summed E-state index contributed by atoms with van der Waals surface area (Å²) < 4.78 is 13.5. The number of hydrogen-bond donors (Lipinski definition) is 1. The normalized spacial score (nSPS) is 19.3. The number of pyridine rings is 1. The van der Waals surface area contributed by atoms with Crippen molar-refractivity contribution in [1.29, 1.82) is 0 Å². The largest absolute Gasteiger partial charge is 0.356 e. The van der Waals surface area contributed by atoms with Crippen LogP contribution in [0, 0.1) is 11.7 Å². The molecule has 21 heavy (non-hydrogen) atoms. The third-order valence-electron chi connectivity index (χ3n) is 4.00. The van der Waals surface area contributed by atoms with Crippen LogP contribution in [0.25, 0.3) is 0 Å². The molecule has 0 spiro atoms. The van der Waals surface area contributed by atoms with Crippen molar-refractivity contribution in [2.24, 2.45) is 5.92 Å². The first kappa shape index (κ1) is 16.2. The number of aromatic nitrogens is 1. The van der Waals surface area contributed by atoms with E-state index in [-0.39, 0.29) is 11.4 Å². The summed E-state index contributed by atoms with van der Waals surface area (Å²) in [5, 5.41) is 3.43. The Morgan fingerprint density at radius 1 is 1.43 bits per heavy atom. The van der Waals surface area contributed by atoms with Crippen molar-refractivity contribution in [2.75, 3.05) is 18.0 Å². The first-order valence-corrected chi connectivity index (χ1v) is 8.03. The number of nitrogens with one attached hydrogen (secondary N) is 1. The number of nitrogens with zero attached hydrogens (tertiary/aromatic N) is 2. The molecule has 118 valence electrons. The van der Waals surface area contributed by atoms with Crippen molar-refractivity contribution in [1.82, 2.24) is 10.3 Å². The van der Waals surface area contributed by atoms with E-state index in [1.165, 1.54) is 25.5 Å². The van der Waals surface area contributed by atoms with Gasteiger partial charge in [0.25, 0.3) is 0 Å². The summed E-state index contributed by atoms with van der Waals surface area (Å²) in [6, 6.07) is 1.62. The zero-order valence-corrected chi connectivity index (χ0v) is 13.7. The minimum Gasteiger partial charge on any atom is -0.356 e. The second-order valence-electron chi connectivity index (χ2n) is 7.13. The minimum atomic E-state index is -0.256. The van der Waals surface area contributed by atoms with Crippen LogP contribution in [0.5, 0.6) is 0 Å². The predicted molar refractivity (Wildman–Crippen MR) is 86.0 cm³/mol. The Morgan fingerprint density at radius 3 is 2.86 bits per heavy atom. The van der Waals surface area contributed by atoms with E-state index < -0.39 is 0 Å². The van der Waals surface area contributed by atoms with Crippen LogP contribution in [0.4, 0.5) is 10.2 Å². The molecule has 0 amide bonds. The van der Waals surface area contributed by atoms with Crippen LogP contribution in [0.15, 0.2) is 12.3 Å². The van der Waals surface area contributed by atoms with E-state index in [4.69, 9.17) is 0 Å². The molecule has 0 radical (unpaired) electrons. The van der Waals surface area contributed by atoms with Gasteiger partial charge < -0.3 is 10.2 Å². The Morgan fingerprint density at radius 2 is 2.19 bits per heavy atom. The third-order valence-corrected chi connectivity index (χ3v) is 4.00. The first-order chi connectivity index (χ1) is 9.89. The lowest BCUT2D eigenvalue weighted by molar-refractivity contribution is 0.423. The highest BCUT2D eigenvalue weighted by molar-refractivity contribution is 5.48. The molecule has 1 saturated heterocycles. The molecule has 3 nitrogen and oxygen atoms in total. The van der Waals surface area contributed by atoms with E-state index >= 15 is 0 Å². The van der Waals surface area contributed by atoms with Crippen molar-refractivity contribution < 1.29 is 4.39 Å². The van der Waals surface area contributed by atoms with Crippen LogP contribution in [0.3, 0.4) is 0 Å². The van der Waals surface area contributed by atoms with Crippen LogP contribution in [-0.2, 0) is 6.54 Å². The highest BCUT2D eigenvalue weighted by atomic mass is 19.1. The Balaban J connectivity index is 2.12. The SMILES string of the molecule is CCCC1CCN(c2ncc(F)cc2CNC(C)(C)C)C1. The van der Waals surface area contributed by atoms with Crippen molar-refractivity contribution in [2.45, 2.75) is 59.0 Å². The predicted octanol–water partition coefficient (Wildman–Crippen LogP) is 3.74. The molecule has 1 aromatic heterocycles. The van der Waals surface area contributed by atoms with Crippen LogP contribution in [0.2, 0.25) is 0 Å². The quantitative estimate of drug-likeness (QED) is 0.896. The molecule has 4 heteroatoms. The molecule has 2 rings (SSSR count). The standard InChI is InChI=1S/C17H28FN3/c1-5-6-13-7-8-21(12-13)16-14(9-15(18)11-19-16)10-20-17(2,3)4/h9,11,13,20H,5-8,10,12H2,1-4H3. The maximum Gasteiger partial charge on any atom is 0.141 e. The fourth-order valence-corrected chi connectivity index (χ4v) is 2.92. The summed E-state index contributed by atoms with van der Waals surface area (Å²) in [5.41, 5.74) is 0.973. The lowest BCUT2D eigenvalue weighted by Gasteiger charge is -2.24. The Bertz CT molecular complexity index is 468. The summed E-state index contributed by atoms with van der Waals surface area (Å²) in [4.78, 5) is 6.69. The fourth-order valence-electron chi connectivity index (χ4n) is 2.92. The van der Waals surface area contributed by atoms with Gasteiger partial charge in [-0.05, 0) is 45.6 Å². The monoisotopic (exact) mass is 293 g/mol. The van der Waals surface area contributed by atoms with Crippen molar-refractivity contribution in [3.05, 3.63) is 23.6 Å². The second kappa shape index (κ2) is 6.73. The van der Waals surface area contributed by atoms with Gasteiger partial charge in [-0.2, -0.15) is 0 Å². The smallest absolute Gasteiger partial charge is 0.141 e. The van der Waals surface area contributed by atoms with E-state index in [9.17, 15) is 4.39 Å². The summed E-state index contributed by atoms with van der Waals surface area (Å²) in [7, 11) is 0. The summed E-state index contributed by atoms with van der Waals surface area (Å²) in [6.07, 6.45) is 5.06. The molecular weight excluding hydrogens is 265 g/mol. The fraction of sp³-hybridized carbons (Fsp3) is 0.706. The molecule has 1 aromatic rings. The van der Waals surface area contributed by atoms with E-state index in [0.717, 1.165) is 30.4 Å². The number of hydrogen-bond acceptors (Lipinski definition) is 3. The molecule has 2 heterocycles. The lowest BCUT2D eigenvalue weighted by Crippen LogP contribution is -2.36. The molecule has 0 bridgehead atoms. The highest BCUT2D eigenvalue weighted by Crippen LogP contribution is 2.28. The third kappa shape index (κ3) is 4.67. The van der Waals surface area contributed by atoms with Gasteiger partial charge in [0.05, 0.1) is 6.20 Å². The van der Waals surface area contributed by atoms with Gasteiger partial charge in [0.1, 0.15) is 11.6 Å². The average molecular weight is 293 g/mol. The zero-order valence-electron chi connectivity index (χ0n) is 13.7. The molecule has 1 fully saturated rings. The van der Waals surface area contributed by atoms with Crippen LogP contribution in [-0.4, -0.2) is 23.6 Å². The Labute approximate surface area is 127 Å².